The first-order valence-corrected chi connectivity index (χ1v) is 6.72. The van der Waals surface area contributed by atoms with Crippen LogP contribution in [0.2, 0.25) is 0 Å². The van der Waals surface area contributed by atoms with Crippen molar-refractivity contribution in [3.63, 3.8) is 0 Å². The number of hydrogen-bond acceptors (Lipinski definition) is 2. The second-order valence-electron chi connectivity index (χ2n) is 5.85. The molecule has 0 amide bonds. The smallest absolute Gasteiger partial charge is 0.0320 e. The van der Waals surface area contributed by atoms with Gasteiger partial charge in [-0.2, -0.15) is 0 Å². The highest BCUT2D eigenvalue weighted by atomic mass is 15.6. The molecular formula is C14H32N2. The summed E-state index contributed by atoms with van der Waals surface area (Å²) in [6, 6.07) is 0. The molecule has 0 aromatic carbocycles. The molecule has 0 rings (SSSR count). The van der Waals surface area contributed by atoms with Crippen molar-refractivity contribution in [2.24, 2.45) is 11.8 Å². The van der Waals surface area contributed by atoms with E-state index in [9.17, 15) is 0 Å². The lowest BCUT2D eigenvalue weighted by molar-refractivity contribution is -0.0840. The molecule has 0 unspecified atom stereocenters. The zero-order valence-electron chi connectivity index (χ0n) is 12.7. The minimum atomic E-state index is 0.223. The van der Waals surface area contributed by atoms with Crippen molar-refractivity contribution in [2.45, 2.75) is 59.9 Å². The predicted octanol–water partition coefficient (Wildman–Crippen LogP) is 3.64. The van der Waals surface area contributed by atoms with Crippen LogP contribution in [0.15, 0.2) is 0 Å². The van der Waals surface area contributed by atoms with Crippen LogP contribution in [0.3, 0.4) is 0 Å². The topological polar surface area (TPSA) is 6.48 Å². The first kappa shape index (κ1) is 15.9. The Hall–Kier alpha value is -0.0800. The Labute approximate surface area is 103 Å². The summed E-state index contributed by atoms with van der Waals surface area (Å²) >= 11 is 0. The minimum Gasteiger partial charge on any atom is -0.244 e. The molecule has 0 N–H and O–H groups in total. The number of hydrazine groups is 1. The largest absolute Gasteiger partial charge is 0.244 e. The van der Waals surface area contributed by atoms with Gasteiger partial charge in [-0.3, -0.25) is 0 Å². The SMILES string of the molecule is CCC(CC)CN(C)N(C)C(C)(C)C(C)C. The van der Waals surface area contributed by atoms with E-state index in [-0.39, 0.29) is 5.54 Å². The van der Waals surface area contributed by atoms with Gasteiger partial charge in [0.15, 0.2) is 0 Å². The molecule has 0 aromatic rings. The summed E-state index contributed by atoms with van der Waals surface area (Å²) < 4.78 is 0. The monoisotopic (exact) mass is 228 g/mol. The Morgan fingerprint density at radius 1 is 1.00 bits per heavy atom. The summed E-state index contributed by atoms with van der Waals surface area (Å²) in [6.07, 6.45) is 2.55. The number of nitrogens with zero attached hydrogens (tertiary/aromatic N) is 2. The highest BCUT2D eigenvalue weighted by Crippen LogP contribution is 2.24. The molecule has 2 heteroatoms. The summed E-state index contributed by atoms with van der Waals surface area (Å²) in [4.78, 5) is 0. The van der Waals surface area contributed by atoms with E-state index in [0.717, 1.165) is 5.92 Å². The third-order valence-corrected chi connectivity index (χ3v) is 4.44. The average molecular weight is 228 g/mol. The van der Waals surface area contributed by atoms with Gasteiger partial charge in [-0.05, 0) is 25.7 Å². The molecule has 0 fully saturated rings. The van der Waals surface area contributed by atoms with E-state index in [2.05, 4.69) is 65.7 Å². The molecule has 0 atom stereocenters. The fraction of sp³-hybridized carbons (Fsp3) is 1.00. The van der Waals surface area contributed by atoms with Gasteiger partial charge in [0, 0.05) is 26.2 Å². The minimum absolute atomic E-state index is 0.223. The van der Waals surface area contributed by atoms with Crippen LogP contribution in [-0.2, 0) is 0 Å². The number of hydrogen-bond donors (Lipinski definition) is 0. The molecule has 0 bridgehead atoms. The molecule has 0 aliphatic heterocycles. The van der Waals surface area contributed by atoms with E-state index in [4.69, 9.17) is 0 Å². The first-order valence-electron chi connectivity index (χ1n) is 6.72. The van der Waals surface area contributed by atoms with Crippen molar-refractivity contribution < 1.29 is 0 Å². The Kier molecular flexibility index (Phi) is 6.57. The summed E-state index contributed by atoms with van der Waals surface area (Å²) in [6.45, 7) is 15.0. The first-order chi connectivity index (χ1) is 7.27. The number of rotatable bonds is 7. The fourth-order valence-electron chi connectivity index (χ4n) is 1.86. The quantitative estimate of drug-likeness (QED) is 0.614. The van der Waals surface area contributed by atoms with Crippen molar-refractivity contribution in [3.05, 3.63) is 0 Å². The Morgan fingerprint density at radius 3 is 1.75 bits per heavy atom. The highest BCUT2D eigenvalue weighted by molar-refractivity contribution is 4.81. The summed E-state index contributed by atoms with van der Waals surface area (Å²) in [5.74, 6) is 1.47. The van der Waals surface area contributed by atoms with E-state index in [1.54, 1.807) is 0 Å². The molecule has 2 nitrogen and oxygen atoms in total. The van der Waals surface area contributed by atoms with E-state index >= 15 is 0 Å². The van der Waals surface area contributed by atoms with E-state index in [0.29, 0.717) is 5.92 Å². The molecule has 0 saturated heterocycles. The lowest BCUT2D eigenvalue weighted by Gasteiger charge is -2.45. The predicted molar refractivity (Wildman–Crippen MR) is 73.4 cm³/mol. The molecule has 0 spiro atoms. The maximum Gasteiger partial charge on any atom is 0.0320 e. The van der Waals surface area contributed by atoms with Gasteiger partial charge in [0.2, 0.25) is 0 Å². The summed E-state index contributed by atoms with van der Waals surface area (Å²) in [5.41, 5.74) is 0.223. The zero-order valence-corrected chi connectivity index (χ0v) is 12.7. The normalized spacial score (nSPS) is 13.5. The van der Waals surface area contributed by atoms with Gasteiger partial charge in [0.25, 0.3) is 0 Å². The maximum atomic E-state index is 2.40. The lowest BCUT2D eigenvalue weighted by Crippen LogP contribution is -2.54. The maximum absolute atomic E-state index is 2.40. The molecule has 0 saturated carbocycles. The Balaban J connectivity index is 4.43. The lowest BCUT2D eigenvalue weighted by atomic mass is 9.90. The van der Waals surface area contributed by atoms with Gasteiger partial charge >= 0.3 is 0 Å². The molecule has 0 heterocycles. The molecule has 0 aliphatic rings. The standard InChI is InChI=1S/C14H32N2/c1-9-13(10-2)11-15(7)16(8)14(5,6)12(3)4/h12-13H,9-11H2,1-8H3. The third-order valence-electron chi connectivity index (χ3n) is 4.44. The van der Waals surface area contributed by atoms with Crippen LogP contribution >= 0.6 is 0 Å². The van der Waals surface area contributed by atoms with Gasteiger partial charge in [0.05, 0.1) is 0 Å². The van der Waals surface area contributed by atoms with Crippen LogP contribution in [0.5, 0.6) is 0 Å². The van der Waals surface area contributed by atoms with Gasteiger partial charge in [-0.25, -0.2) is 10.0 Å². The van der Waals surface area contributed by atoms with E-state index < -0.39 is 0 Å². The van der Waals surface area contributed by atoms with Gasteiger partial charge in [-0.15, -0.1) is 0 Å². The van der Waals surface area contributed by atoms with Crippen LogP contribution in [-0.4, -0.2) is 36.2 Å². The van der Waals surface area contributed by atoms with Gasteiger partial charge in [0.1, 0.15) is 0 Å². The molecule has 0 aliphatic carbocycles. The fourth-order valence-corrected chi connectivity index (χ4v) is 1.86. The molecule has 98 valence electrons. The average Bonchev–Trinajstić information content (AvgIpc) is 2.23. The van der Waals surface area contributed by atoms with Crippen LogP contribution in [0.4, 0.5) is 0 Å². The van der Waals surface area contributed by atoms with Crippen LogP contribution in [0.25, 0.3) is 0 Å². The van der Waals surface area contributed by atoms with Crippen molar-refractivity contribution in [1.82, 2.24) is 10.0 Å². The zero-order chi connectivity index (χ0) is 12.9. The van der Waals surface area contributed by atoms with Crippen molar-refractivity contribution >= 4 is 0 Å². The van der Waals surface area contributed by atoms with Crippen LogP contribution in [0.1, 0.15) is 54.4 Å². The second kappa shape index (κ2) is 6.61. The molecular weight excluding hydrogens is 196 g/mol. The van der Waals surface area contributed by atoms with Crippen LogP contribution in [0, 0.1) is 11.8 Å². The van der Waals surface area contributed by atoms with Gasteiger partial charge in [-0.1, -0.05) is 40.5 Å². The highest BCUT2D eigenvalue weighted by Gasteiger charge is 2.30. The second-order valence-corrected chi connectivity index (χ2v) is 5.85. The Morgan fingerprint density at radius 2 is 1.44 bits per heavy atom. The van der Waals surface area contributed by atoms with E-state index in [1.807, 2.05) is 0 Å². The Bertz CT molecular complexity index is 183. The molecule has 16 heavy (non-hydrogen) atoms. The molecule has 0 radical (unpaired) electrons. The van der Waals surface area contributed by atoms with E-state index in [1.165, 1.54) is 19.4 Å². The van der Waals surface area contributed by atoms with Crippen molar-refractivity contribution in [1.29, 1.82) is 0 Å². The van der Waals surface area contributed by atoms with Crippen molar-refractivity contribution in [2.75, 3.05) is 20.6 Å². The molecule has 0 aromatic heterocycles. The summed E-state index contributed by atoms with van der Waals surface area (Å²) in [7, 11) is 4.42. The third kappa shape index (κ3) is 4.06. The summed E-state index contributed by atoms with van der Waals surface area (Å²) in [5, 5.41) is 4.79. The van der Waals surface area contributed by atoms with Gasteiger partial charge < -0.3 is 0 Å². The van der Waals surface area contributed by atoms with Crippen molar-refractivity contribution in [3.8, 4) is 0 Å². The van der Waals surface area contributed by atoms with Crippen LogP contribution < -0.4 is 0 Å².